The fourth-order valence-corrected chi connectivity index (χ4v) is 3.95. The third kappa shape index (κ3) is 5.48. The van der Waals surface area contributed by atoms with E-state index < -0.39 is 0 Å². The van der Waals surface area contributed by atoms with Gasteiger partial charge in [0, 0.05) is 52.8 Å². The van der Waals surface area contributed by atoms with Gasteiger partial charge in [-0.15, -0.1) is 24.0 Å². The van der Waals surface area contributed by atoms with Crippen molar-refractivity contribution in [3.05, 3.63) is 23.8 Å². The van der Waals surface area contributed by atoms with E-state index in [9.17, 15) is 4.79 Å². The van der Waals surface area contributed by atoms with Crippen LogP contribution in [-0.2, 0) is 16.1 Å². The molecule has 0 spiro atoms. The van der Waals surface area contributed by atoms with Crippen LogP contribution in [0.5, 0.6) is 11.5 Å². The molecular weight excluding hydrogens is 499 g/mol. The number of nitrogens with zero attached hydrogens (tertiary/aromatic N) is 3. The first-order valence-electron chi connectivity index (χ1n) is 10.5. The molecule has 2 fully saturated rings. The Morgan fingerprint density at radius 2 is 1.80 bits per heavy atom. The summed E-state index contributed by atoms with van der Waals surface area (Å²) in [6, 6.07) is 6.04. The van der Waals surface area contributed by atoms with E-state index in [0.717, 1.165) is 55.4 Å². The van der Waals surface area contributed by atoms with Crippen LogP contribution < -0.4 is 14.8 Å². The van der Waals surface area contributed by atoms with E-state index in [-0.39, 0.29) is 36.0 Å². The van der Waals surface area contributed by atoms with E-state index in [1.165, 1.54) is 0 Å². The second-order valence-electron chi connectivity index (χ2n) is 7.55. The maximum Gasteiger partial charge on any atom is 0.251 e. The highest BCUT2D eigenvalue weighted by Gasteiger charge is 2.30. The van der Waals surface area contributed by atoms with Gasteiger partial charge >= 0.3 is 0 Å². The van der Waals surface area contributed by atoms with Gasteiger partial charge in [0.1, 0.15) is 6.10 Å². The molecule has 0 radical (unpaired) electrons. The van der Waals surface area contributed by atoms with Gasteiger partial charge in [-0.1, -0.05) is 6.07 Å². The van der Waals surface area contributed by atoms with Gasteiger partial charge < -0.3 is 29.3 Å². The summed E-state index contributed by atoms with van der Waals surface area (Å²) >= 11 is 0. The van der Waals surface area contributed by atoms with Crippen molar-refractivity contribution < 1.29 is 19.0 Å². The summed E-state index contributed by atoms with van der Waals surface area (Å²) in [5, 5.41) is 3.43. The molecule has 1 N–H and O–H groups in total. The number of guanidine groups is 1. The number of rotatable bonds is 3. The Morgan fingerprint density at radius 3 is 2.50 bits per heavy atom. The fraction of sp³-hybridized carbons (Fsp3) is 0.619. The van der Waals surface area contributed by atoms with Crippen LogP contribution in [-0.4, -0.2) is 80.8 Å². The molecule has 0 aliphatic carbocycles. The topological polar surface area (TPSA) is 75.6 Å². The van der Waals surface area contributed by atoms with Gasteiger partial charge in [0.05, 0.1) is 13.2 Å². The van der Waals surface area contributed by atoms with Crippen LogP contribution in [0.25, 0.3) is 0 Å². The number of fused-ring (bicyclic) bond motifs is 1. The number of ether oxygens (including phenoxy) is 3. The second-order valence-corrected chi connectivity index (χ2v) is 7.55. The van der Waals surface area contributed by atoms with Crippen LogP contribution >= 0.6 is 24.0 Å². The van der Waals surface area contributed by atoms with E-state index in [1.54, 1.807) is 7.05 Å². The molecule has 1 atom stereocenters. The van der Waals surface area contributed by atoms with E-state index >= 15 is 0 Å². The number of hydrogen-bond acceptors (Lipinski definition) is 5. The Hall–Kier alpha value is -1.75. The summed E-state index contributed by atoms with van der Waals surface area (Å²) in [7, 11) is 1.79. The lowest BCUT2D eigenvalue weighted by molar-refractivity contribution is -0.142. The van der Waals surface area contributed by atoms with Crippen LogP contribution in [0, 0.1) is 0 Å². The molecule has 0 saturated carbocycles. The zero-order chi connectivity index (χ0) is 20.1. The predicted octanol–water partition coefficient (Wildman–Crippen LogP) is 1.86. The molecule has 1 unspecified atom stereocenters. The normalized spacial score (nSPS) is 21.6. The predicted molar refractivity (Wildman–Crippen MR) is 125 cm³/mol. The van der Waals surface area contributed by atoms with E-state index in [1.807, 2.05) is 23.1 Å². The highest BCUT2D eigenvalue weighted by molar-refractivity contribution is 14.0. The molecule has 2 saturated heterocycles. The Balaban J connectivity index is 0.00000256. The number of carbonyl (C=O) groups excluding carboxylic acids is 1. The summed E-state index contributed by atoms with van der Waals surface area (Å²) < 4.78 is 17.0. The lowest BCUT2D eigenvalue weighted by Gasteiger charge is -2.37. The smallest absolute Gasteiger partial charge is 0.251 e. The number of benzene rings is 1. The molecule has 3 heterocycles. The minimum Gasteiger partial charge on any atom is -0.490 e. The van der Waals surface area contributed by atoms with Crippen molar-refractivity contribution in [1.82, 2.24) is 15.1 Å². The minimum absolute atomic E-state index is 0. The van der Waals surface area contributed by atoms with Gasteiger partial charge in [0.25, 0.3) is 5.91 Å². The van der Waals surface area contributed by atoms with E-state index in [4.69, 9.17) is 14.2 Å². The van der Waals surface area contributed by atoms with Gasteiger partial charge in [0.15, 0.2) is 17.5 Å². The lowest BCUT2D eigenvalue weighted by atomic mass is 10.2. The molecule has 0 aromatic heterocycles. The Bertz CT molecular complexity index is 747. The molecule has 3 aliphatic heterocycles. The molecule has 1 aromatic rings. The van der Waals surface area contributed by atoms with Crippen molar-refractivity contribution in [1.29, 1.82) is 0 Å². The van der Waals surface area contributed by atoms with Gasteiger partial charge in [-0.05, 0) is 30.5 Å². The van der Waals surface area contributed by atoms with Crippen molar-refractivity contribution in [3.63, 3.8) is 0 Å². The Labute approximate surface area is 194 Å². The lowest BCUT2D eigenvalue weighted by Crippen LogP contribution is -2.55. The minimum atomic E-state index is -0.238. The number of carbonyl (C=O) groups is 1. The zero-order valence-corrected chi connectivity index (χ0v) is 19.8. The summed E-state index contributed by atoms with van der Waals surface area (Å²) in [5.41, 5.74) is 1.11. The van der Waals surface area contributed by atoms with Crippen molar-refractivity contribution in [3.8, 4) is 11.5 Å². The second kappa shape index (κ2) is 11.0. The first kappa shape index (κ1) is 22.9. The number of nitrogens with one attached hydrogen (secondary N) is 1. The maximum absolute atomic E-state index is 12.5. The molecule has 3 aliphatic rings. The third-order valence-corrected chi connectivity index (χ3v) is 5.57. The molecule has 0 bridgehead atoms. The summed E-state index contributed by atoms with van der Waals surface area (Å²) in [4.78, 5) is 21.1. The van der Waals surface area contributed by atoms with E-state index in [0.29, 0.717) is 39.5 Å². The molecule has 1 amide bonds. The molecule has 166 valence electrons. The Kier molecular flexibility index (Phi) is 8.43. The zero-order valence-electron chi connectivity index (χ0n) is 17.5. The van der Waals surface area contributed by atoms with Crippen LogP contribution in [0.15, 0.2) is 23.2 Å². The fourth-order valence-electron chi connectivity index (χ4n) is 3.95. The standard InChI is InChI=1S/C21H30N4O4.HI/c1-22-21(23-15-16-5-6-17-19(14-16)29-13-3-12-27-17)25-9-7-24(8-10-25)20(26)18-4-2-11-28-18;/h5-6,14,18H,2-4,7-13,15H2,1H3,(H,22,23);1H. The van der Waals surface area contributed by atoms with Crippen LogP contribution in [0.2, 0.25) is 0 Å². The van der Waals surface area contributed by atoms with E-state index in [2.05, 4.69) is 15.2 Å². The van der Waals surface area contributed by atoms with Crippen molar-refractivity contribution in [2.75, 3.05) is 53.0 Å². The number of hydrogen-bond donors (Lipinski definition) is 1. The largest absolute Gasteiger partial charge is 0.490 e. The van der Waals surface area contributed by atoms with Gasteiger partial charge in [-0.3, -0.25) is 9.79 Å². The number of amides is 1. The molecular formula is C21H31IN4O4. The molecule has 9 heteroatoms. The van der Waals surface area contributed by atoms with Gasteiger partial charge in [-0.2, -0.15) is 0 Å². The quantitative estimate of drug-likeness (QED) is 0.366. The third-order valence-electron chi connectivity index (χ3n) is 5.57. The highest BCUT2D eigenvalue weighted by Crippen LogP contribution is 2.30. The summed E-state index contributed by atoms with van der Waals surface area (Å²) in [6.45, 7) is 5.65. The summed E-state index contributed by atoms with van der Waals surface area (Å²) in [5.74, 6) is 2.60. The van der Waals surface area contributed by atoms with Crippen LogP contribution in [0.4, 0.5) is 0 Å². The molecule has 4 rings (SSSR count). The maximum atomic E-state index is 12.5. The average Bonchev–Trinajstić information content (AvgIpc) is 3.20. The van der Waals surface area contributed by atoms with Crippen LogP contribution in [0.1, 0.15) is 24.8 Å². The monoisotopic (exact) mass is 530 g/mol. The van der Waals surface area contributed by atoms with Gasteiger partial charge in [-0.25, -0.2) is 0 Å². The number of halogens is 1. The van der Waals surface area contributed by atoms with Crippen molar-refractivity contribution in [2.24, 2.45) is 4.99 Å². The molecule has 8 nitrogen and oxygen atoms in total. The SMILES string of the molecule is CN=C(NCc1ccc2c(c1)OCCCO2)N1CCN(C(=O)C2CCCO2)CC1.I. The first-order chi connectivity index (χ1) is 14.2. The summed E-state index contributed by atoms with van der Waals surface area (Å²) in [6.07, 6.45) is 2.49. The molecule has 30 heavy (non-hydrogen) atoms. The van der Waals surface area contributed by atoms with Gasteiger partial charge in [0.2, 0.25) is 0 Å². The Morgan fingerprint density at radius 1 is 1.07 bits per heavy atom. The first-order valence-corrected chi connectivity index (χ1v) is 10.5. The number of aliphatic imine (C=N–C) groups is 1. The van der Waals surface area contributed by atoms with Crippen LogP contribution in [0.3, 0.4) is 0 Å². The highest BCUT2D eigenvalue weighted by atomic mass is 127. The van der Waals surface area contributed by atoms with Crippen molar-refractivity contribution >= 4 is 35.8 Å². The van der Waals surface area contributed by atoms with Crippen molar-refractivity contribution in [2.45, 2.75) is 31.9 Å². The number of piperazine rings is 1. The average molecular weight is 530 g/mol. The molecule has 1 aromatic carbocycles.